The van der Waals surface area contributed by atoms with Crippen LogP contribution in [0, 0.1) is 0 Å². The van der Waals surface area contributed by atoms with E-state index in [2.05, 4.69) is 6.58 Å². The van der Waals surface area contributed by atoms with E-state index in [0.29, 0.717) is 0 Å². The van der Waals surface area contributed by atoms with Gasteiger partial charge in [-0.2, -0.15) is 0 Å². The molecule has 1 saturated heterocycles. The highest BCUT2D eigenvalue weighted by Crippen LogP contribution is 2.21. The Morgan fingerprint density at radius 2 is 2.15 bits per heavy atom. The van der Waals surface area contributed by atoms with E-state index in [4.69, 9.17) is 19.7 Å². The van der Waals surface area contributed by atoms with Crippen molar-refractivity contribution in [3.63, 3.8) is 0 Å². The summed E-state index contributed by atoms with van der Waals surface area (Å²) in [7, 11) is 0. The first-order chi connectivity index (χ1) is 6.20. The summed E-state index contributed by atoms with van der Waals surface area (Å²) < 4.78 is 9.95. The molecule has 0 aliphatic carbocycles. The molecule has 5 nitrogen and oxygen atoms in total. The van der Waals surface area contributed by atoms with Gasteiger partial charge in [-0.3, -0.25) is 0 Å². The van der Waals surface area contributed by atoms with E-state index in [1.54, 1.807) is 0 Å². The number of rotatable bonds is 4. The summed E-state index contributed by atoms with van der Waals surface area (Å²) in [6.45, 7) is 3.39. The van der Waals surface area contributed by atoms with Gasteiger partial charge in [-0.25, -0.2) is 0 Å². The van der Waals surface area contributed by atoms with Crippen molar-refractivity contribution in [2.75, 3.05) is 13.2 Å². The molecular weight excluding hydrogens is 176 g/mol. The van der Waals surface area contributed by atoms with Gasteiger partial charge in [0.15, 0.2) is 6.29 Å². The average molecular weight is 190 g/mol. The molecule has 0 spiro atoms. The van der Waals surface area contributed by atoms with Crippen LogP contribution in [0.1, 0.15) is 0 Å². The molecule has 1 aliphatic heterocycles. The van der Waals surface area contributed by atoms with Crippen LogP contribution in [0.3, 0.4) is 0 Å². The third kappa shape index (κ3) is 2.26. The number of aliphatic hydroxyl groups is 3. The predicted molar refractivity (Wildman–Crippen MR) is 43.9 cm³/mol. The van der Waals surface area contributed by atoms with Crippen LogP contribution in [0.25, 0.3) is 0 Å². The molecule has 0 aromatic rings. The van der Waals surface area contributed by atoms with Gasteiger partial charge in [-0.15, -0.1) is 6.58 Å². The second-order valence-electron chi connectivity index (χ2n) is 2.82. The Bertz CT molecular complexity index is 172. The van der Waals surface area contributed by atoms with Crippen molar-refractivity contribution < 1.29 is 24.8 Å². The maximum atomic E-state index is 9.34. The lowest BCUT2D eigenvalue weighted by Crippen LogP contribution is -2.36. The minimum absolute atomic E-state index is 0.244. The Morgan fingerprint density at radius 1 is 1.46 bits per heavy atom. The van der Waals surface area contributed by atoms with Crippen LogP contribution >= 0.6 is 0 Å². The summed E-state index contributed by atoms with van der Waals surface area (Å²) in [5.41, 5.74) is 0. The fourth-order valence-electron chi connectivity index (χ4n) is 1.25. The highest BCUT2D eigenvalue weighted by atomic mass is 16.7. The van der Waals surface area contributed by atoms with E-state index in [1.165, 1.54) is 6.08 Å². The molecule has 0 aromatic heterocycles. The molecule has 1 aliphatic rings. The molecule has 1 fully saturated rings. The van der Waals surface area contributed by atoms with E-state index in [9.17, 15) is 5.11 Å². The molecule has 0 radical (unpaired) electrons. The summed E-state index contributed by atoms with van der Waals surface area (Å²) in [5, 5.41) is 27.2. The molecule has 0 bridgehead atoms. The summed E-state index contributed by atoms with van der Waals surface area (Å²) >= 11 is 0. The van der Waals surface area contributed by atoms with Gasteiger partial charge in [-0.05, 0) is 0 Å². The van der Waals surface area contributed by atoms with Gasteiger partial charge in [0.25, 0.3) is 0 Å². The Balaban J connectivity index is 2.51. The third-order valence-corrected chi connectivity index (χ3v) is 1.90. The van der Waals surface area contributed by atoms with Crippen molar-refractivity contribution in [2.45, 2.75) is 24.6 Å². The fraction of sp³-hybridized carbons (Fsp3) is 0.750. The Morgan fingerprint density at radius 3 is 2.69 bits per heavy atom. The standard InChI is InChI=1S/C8H14O5/c1-2-3-12-7-5(4-9)13-8(11)6(7)10/h2,5-11H,1,3-4H2/t5-,6+,7-,8+/m0/s1. The molecule has 76 valence electrons. The highest BCUT2D eigenvalue weighted by molar-refractivity contribution is 4.87. The number of ether oxygens (including phenoxy) is 2. The van der Waals surface area contributed by atoms with E-state index in [1.807, 2.05) is 0 Å². The van der Waals surface area contributed by atoms with Crippen molar-refractivity contribution in [2.24, 2.45) is 0 Å². The zero-order valence-corrected chi connectivity index (χ0v) is 7.17. The zero-order valence-electron chi connectivity index (χ0n) is 7.17. The van der Waals surface area contributed by atoms with E-state index in [-0.39, 0.29) is 13.2 Å². The SMILES string of the molecule is C=CCO[C@@H]1[C@@H](O)[C@H](O)O[C@H]1CO. The predicted octanol–water partition coefficient (Wildman–Crippen LogP) is -1.37. The van der Waals surface area contributed by atoms with Crippen molar-refractivity contribution in [3.8, 4) is 0 Å². The molecule has 0 amide bonds. The Labute approximate surface area is 76.2 Å². The van der Waals surface area contributed by atoms with E-state index in [0.717, 1.165) is 0 Å². The first-order valence-electron chi connectivity index (χ1n) is 4.05. The molecular formula is C8H14O5. The van der Waals surface area contributed by atoms with Crippen LogP contribution in [-0.4, -0.2) is 53.1 Å². The molecule has 1 heterocycles. The number of hydrogen-bond donors (Lipinski definition) is 3. The number of hydrogen-bond acceptors (Lipinski definition) is 5. The molecule has 0 unspecified atom stereocenters. The lowest BCUT2D eigenvalue weighted by atomic mass is 10.1. The molecule has 5 heteroatoms. The van der Waals surface area contributed by atoms with Crippen molar-refractivity contribution in [1.29, 1.82) is 0 Å². The molecule has 0 saturated carbocycles. The van der Waals surface area contributed by atoms with Crippen LogP contribution in [0.15, 0.2) is 12.7 Å². The van der Waals surface area contributed by atoms with Crippen molar-refractivity contribution in [3.05, 3.63) is 12.7 Å². The van der Waals surface area contributed by atoms with Gasteiger partial charge >= 0.3 is 0 Å². The summed E-state index contributed by atoms with van der Waals surface area (Å²) in [5.74, 6) is 0. The normalized spacial score (nSPS) is 39.3. The topological polar surface area (TPSA) is 79.2 Å². The lowest BCUT2D eigenvalue weighted by Gasteiger charge is -2.17. The first kappa shape index (κ1) is 10.6. The van der Waals surface area contributed by atoms with Crippen LogP contribution in [0.5, 0.6) is 0 Å². The van der Waals surface area contributed by atoms with Gasteiger partial charge in [0.2, 0.25) is 0 Å². The van der Waals surface area contributed by atoms with Gasteiger partial charge in [0.05, 0.1) is 13.2 Å². The molecule has 13 heavy (non-hydrogen) atoms. The smallest absolute Gasteiger partial charge is 0.184 e. The summed E-state index contributed by atoms with van der Waals surface area (Å²) in [6.07, 6.45) is -2.25. The van der Waals surface area contributed by atoms with Crippen molar-refractivity contribution >= 4 is 0 Å². The van der Waals surface area contributed by atoms with Crippen molar-refractivity contribution in [1.82, 2.24) is 0 Å². The minimum Gasteiger partial charge on any atom is -0.394 e. The monoisotopic (exact) mass is 190 g/mol. The number of aliphatic hydroxyl groups excluding tert-OH is 3. The summed E-state index contributed by atoms with van der Waals surface area (Å²) in [4.78, 5) is 0. The van der Waals surface area contributed by atoms with Crippen LogP contribution in [-0.2, 0) is 9.47 Å². The first-order valence-corrected chi connectivity index (χ1v) is 4.05. The van der Waals surface area contributed by atoms with Crippen LogP contribution in [0.2, 0.25) is 0 Å². The maximum absolute atomic E-state index is 9.34. The quantitative estimate of drug-likeness (QED) is 0.476. The molecule has 3 N–H and O–H groups in total. The largest absolute Gasteiger partial charge is 0.394 e. The zero-order chi connectivity index (χ0) is 9.84. The highest BCUT2D eigenvalue weighted by Gasteiger charge is 2.43. The maximum Gasteiger partial charge on any atom is 0.184 e. The minimum atomic E-state index is -1.29. The van der Waals surface area contributed by atoms with Gasteiger partial charge in [0, 0.05) is 0 Å². The van der Waals surface area contributed by atoms with E-state index < -0.39 is 24.6 Å². The molecule has 4 atom stereocenters. The summed E-state index contributed by atoms with van der Waals surface area (Å²) in [6, 6.07) is 0. The molecule has 1 rings (SSSR count). The average Bonchev–Trinajstić information content (AvgIpc) is 2.40. The van der Waals surface area contributed by atoms with Gasteiger partial charge in [0.1, 0.15) is 18.3 Å². The third-order valence-electron chi connectivity index (χ3n) is 1.90. The van der Waals surface area contributed by atoms with Gasteiger partial charge < -0.3 is 24.8 Å². The lowest BCUT2D eigenvalue weighted by molar-refractivity contribution is -0.132. The molecule has 0 aromatic carbocycles. The van der Waals surface area contributed by atoms with E-state index >= 15 is 0 Å². The second-order valence-corrected chi connectivity index (χ2v) is 2.82. The second kappa shape index (κ2) is 4.69. The van der Waals surface area contributed by atoms with Crippen LogP contribution in [0.4, 0.5) is 0 Å². The van der Waals surface area contributed by atoms with Gasteiger partial charge in [-0.1, -0.05) is 6.08 Å². The fourth-order valence-corrected chi connectivity index (χ4v) is 1.25. The Hall–Kier alpha value is -0.460. The van der Waals surface area contributed by atoms with Crippen LogP contribution < -0.4 is 0 Å². The Kier molecular flexibility index (Phi) is 3.83.